The van der Waals surface area contributed by atoms with Crippen molar-refractivity contribution in [2.24, 2.45) is 5.73 Å². The molecule has 72 valence electrons. The summed E-state index contributed by atoms with van der Waals surface area (Å²) >= 11 is 0. The smallest absolute Gasteiger partial charge is 0.0586 e. The van der Waals surface area contributed by atoms with Gasteiger partial charge in [0.1, 0.15) is 0 Å². The maximum atomic E-state index is 5.66. The predicted molar refractivity (Wildman–Crippen MR) is 55.1 cm³/mol. The number of nitrogens with zero attached hydrogens (tertiary/aromatic N) is 1. The molecule has 1 aromatic rings. The van der Waals surface area contributed by atoms with Crippen molar-refractivity contribution < 1.29 is 0 Å². The topological polar surface area (TPSA) is 41.3 Å². The third-order valence-electron chi connectivity index (χ3n) is 1.85. The summed E-state index contributed by atoms with van der Waals surface area (Å²) in [5, 5.41) is 1.92. The van der Waals surface area contributed by atoms with Gasteiger partial charge in [0.05, 0.1) is 6.04 Å². The largest absolute Gasteiger partial charge is 0.329 e. The minimum Gasteiger partial charge on any atom is -0.329 e. The molecule has 0 fully saturated rings. The number of nitrogens with one attached hydrogen (secondary N) is 1. The highest BCUT2D eigenvalue weighted by Crippen LogP contribution is 2.10. The highest BCUT2D eigenvalue weighted by molar-refractivity contribution is 5.18. The molecule has 0 amide bonds. The van der Waals surface area contributed by atoms with Crippen LogP contribution in [-0.4, -0.2) is 25.6 Å². The summed E-state index contributed by atoms with van der Waals surface area (Å²) in [7, 11) is 3.93. The SMILES string of the molecule is CN(C)NC(CN)c1ccccc1. The molecule has 3 heteroatoms. The van der Waals surface area contributed by atoms with Crippen molar-refractivity contribution in [3.63, 3.8) is 0 Å². The molecule has 3 N–H and O–H groups in total. The molecule has 13 heavy (non-hydrogen) atoms. The molecule has 0 spiro atoms. The van der Waals surface area contributed by atoms with E-state index in [0.717, 1.165) is 0 Å². The standard InChI is InChI=1S/C10H17N3/c1-13(2)12-10(8-11)9-6-4-3-5-7-9/h3-7,10,12H,8,11H2,1-2H3. The Morgan fingerprint density at radius 2 is 1.92 bits per heavy atom. The van der Waals surface area contributed by atoms with E-state index in [0.29, 0.717) is 6.54 Å². The molecule has 0 bridgehead atoms. The van der Waals surface area contributed by atoms with E-state index in [4.69, 9.17) is 5.73 Å². The molecule has 1 aromatic carbocycles. The van der Waals surface area contributed by atoms with Crippen molar-refractivity contribution in [1.82, 2.24) is 10.4 Å². The summed E-state index contributed by atoms with van der Waals surface area (Å²) in [6.07, 6.45) is 0. The molecule has 0 saturated carbocycles. The van der Waals surface area contributed by atoms with Crippen molar-refractivity contribution in [2.45, 2.75) is 6.04 Å². The minimum atomic E-state index is 0.205. The van der Waals surface area contributed by atoms with Gasteiger partial charge in [-0.05, 0) is 5.56 Å². The Labute approximate surface area is 79.5 Å². The number of hydrogen-bond donors (Lipinski definition) is 2. The summed E-state index contributed by atoms with van der Waals surface area (Å²) in [6.45, 7) is 0.599. The molecular weight excluding hydrogens is 162 g/mol. The fourth-order valence-corrected chi connectivity index (χ4v) is 1.26. The maximum absolute atomic E-state index is 5.66. The molecule has 0 heterocycles. The normalized spacial score (nSPS) is 13.2. The zero-order valence-corrected chi connectivity index (χ0v) is 8.20. The van der Waals surface area contributed by atoms with E-state index in [1.165, 1.54) is 5.56 Å². The Bertz CT molecular complexity index is 233. The lowest BCUT2D eigenvalue weighted by Gasteiger charge is -2.21. The average Bonchev–Trinajstić information content (AvgIpc) is 2.15. The van der Waals surface area contributed by atoms with Crippen LogP contribution in [0.1, 0.15) is 11.6 Å². The van der Waals surface area contributed by atoms with Gasteiger partial charge in [-0.1, -0.05) is 30.3 Å². The van der Waals surface area contributed by atoms with Crippen LogP contribution in [0.15, 0.2) is 30.3 Å². The first-order valence-corrected chi connectivity index (χ1v) is 4.42. The Morgan fingerprint density at radius 1 is 1.31 bits per heavy atom. The summed E-state index contributed by atoms with van der Waals surface area (Å²) in [5.41, 5.74) is 10.1. The monoisotopic (exact) mass is 179 g/mol. The second kappa shape index (κ2) is 4.97. The van der Waals surface area contributed by atoms with Crippen LogP contribution in [0.4, 0.5) is 0 Å². The Kier molecular flexibility index (Phi) is 3.89. The van der Waals surface area contributed by atoms with Crippen LogP contribution in [0.5, 0.6) is 0 Å². The minimum absolute atomic E-state index is 0.205. The van der Waals surface area contributed by atoms with E-state index in [-0.39, 0.29) is 6.04 Å². The molecule has 0 radical (unpaired) electrons. The van der Waals surface area contributed by atoms with Gasteiger partial charge in [-0.2, -0.15) is 0 Å². The lowest BCUT2D eigenvalue weighted by atomic mass is 10.1. The van der Waals surface area contributed by atoms with Gasteiger partial charge in [0.15, 0.2) is 0 Å². The zero-order valence-electron chi connectivity index (χ0n) is 8.20. The molecule has 0 aliphatic carbocycles. The van der Waals surface area contributed by atoms with E-state index in [9.17, 15) is 0 Å². The Hall–Kier alpha value is -0.900. The van der Waals surface area contributed by atoms with Gasteiger partial charge < -0.3 is 5.73 Å². The molecule has 0 aliphatic heterocycles. The van der Waals surface area contributed by atoms with Crippen LogP contribution in [0, 0.1) is 0 Å². The second-order valence-corrected chi connectivity index (χ2v) is 3.22. The Morgan fingerprint density at radius 3 is 2.38 bits per heavy atom. The molecule has 1 atom stereocenters. The third-order valence-corrected chi connectivity index (χ3v) is 1.85. The van der Waals surface area contributed by atoms with Gasteiger partial charge in [0, 0.05) is 20.6 Å². The molecule has 1 rings (SSSR count). The van der Waals surface area contributed by atoms with Crippen molar-refractivity contribution in [2.75, 3.05) is 20.6 Å². The van der Waals surface area contributed by atoms with Gasteiger partial charge in [-0.15, -0.1) is 0 Å². The lowest BCUT2D eigenvalue weighted by molar-refractivity contribution is 0.245. The lowest BCUT2D eigenvalue weighted by Crippen LogP contribution is -2.37. The summed E-state index contributed by atoms with van der Waals surface area (Å²) in [6, 6.07) is 10.4. The van der Waals surface area contributed by atoms with Crippen LogP contribution in [0.25, 0.3) is 0 Å². The van der Waals surface area contributed by atoms with Gasteiger partial charge in [0.2, 0.25) is 0 Å². The molecule has 0 saturated heterocycles. The molecule has 0 aromatic heterocycles. The molecule has 3 nitrogen and oxygen atoms in total. The Balaban J connectivity index is 2.67. The molecular formula is C10H17N3. The highest BCUT2D eigenvalue weighted by Gasteiger charge is 2.08. The second-order valence-electron chi connectivity index (χ2n) is 3.22. The van der Waals surface area contributed by atoms with Gasteiger partial charge in [-0.3, -0.25) is 0 Å². The van der Waals surface area contributed by atoms with Crippen LogP contribution in [0.2, 0.25) is 0 Å². The van der Waals surface area contributed by atoms with E-state index in [1.807, 2.05) is 37.3 Å². The number of rotatable bonds is 4. The van der Waals surface area contributed by atoms with E-state index < -0.39 is 0 Å². The van der Waals surface area contributed by atoms with Crippen LogP contribution in [-0.2, 0) is 0 Å². The van der Waals surface area contributed by atoms with Crippen molar-refractivity contribution >= 4 is 0 Å². The summed E-state index contributed by atoms with van der Waals surface area (Å²) < 4.78 is 0. The highest BCUT2D eigenvalue weighted by atomic mass is 15.5. The summed E-state index contributed by atoms with van der Waals surface area (Å²) in [5.74, 6) is 0. The number of benzene rings is 1. The summed E-state index contributed by atoms with van der Waals surface area (Å²) in [4.78, 5) is 0. The number of hydrazine groups is 1. The zero-order chi connectivity index (χ0) is 9.68. The van der Waals surface area contributed by atoms with Crippen molar-refractivity contribution in [1.29, 1.82) is 0 Å². The van der Waals surface area contributed by atoms with Gasteiger partial charge in [-0.25, -0.2) is 10.4 Å². The maximum Gasteiger partial charge on any atom is 0.0586 e. The quantitative estimate of drug-likeness (QED) is 0.670. The fourth-order valence-electron chi connectivity index (χ4n) is 1.26. The van der Waals surface area contributed by atoms with Crippen LogP contribution in [0.3, 0.4) is 0 Å². The van der Waals surface area contributed by atoms with E-state index in [2.05, 4.69) is 17.6 Å². The first-order chi connectivity index (χ1) is 6.24. The average molecular weight is 179 g/mol. The van der Waals surface area contributed by atoms with E-state index in [1.54, 1.807) is 0 Å². The number of hydrogen-bond acceptors (Lipinski definition) is 3. The first-order valence-electron chi connectivity index (χ1n) is 4.42. The van der Waals surface area contributed by atoms with Gasteiger partial charge in [0.25, 0.3) is 0 Å². The molecule has 1 unspecified atom stereocenters. The predicted octanol–water partition coefficient (Wildman–Crippen LogP) is 0.753. The van der Waals surface area contributed by atoms with Crippen LogP contribution >= 0.6 is 0 Å². The first kappa shape index (κ1) is 10.2. The van der Waals surface area contributed by atoms with Crippen molar-refractivity contribution in [3.8, 4) is 0 Å². The van der Waals surface area contributed by atoms with Gasteiger partial charge >= 0.3 is 0 Å². The fraction of sp³-hybridized carbons (Fsp3) is 0.400. The number of nitrogens with two attached hydrogens (primary N) is 1. The van der Waals surface area contributed by atoms with E-state index >= 15 is 0 Å². The van der Waals surface area contributed by atoms with Crippen LogP contribution < -0.4 is 11.2 Å². The molecule has 0 aliphatic rings. The van der Waals surface area contributed by atoms with Crippen molar-refractivity contribution in [3.05, 3.63) is 35.9 Å². The third kappa shape index (κ3) is 3.14.